The van der Waals surface area contributed by atoms with Gasteiger partial charge in [-0.3, -0.25) is 4.90 Å². The van der Waals surface area contributed by atoms with Crippen molar-refractivity contribution in [1.29, 1.82) is 0 Å². The van der Waals surface area contributed by atoms with Gasteiger partial charge in [-0.2, -0.15) is 0 Å². The van der Waals surface area contributed by atoms with Gasteiger partial charge in [0.15, 0.2) is 5.76 Å². The lowest BCUT2D eigenvalue weighted by Gasteiger charge is -2.30. The molecule has 22 heavy (non-hydrogen) atoms. The van der Waals surface area contributed by atoms with Crippen LogP contribution in [-0.4, -0.2) is 35.6 Å². The third kappa shape index (κ3) is 4.86. The van der Waals surface area contributed by atoms with Crippen LogP contribution in [0, 0.1) is 0 Å². The van der Waals surface area contributed by atoms with Crippen molar-refractivity contribution in [2.75, 3.05) is 19.6 Å². The zero-order chi connectivity index (χ0) is 13.9. The molecule has 122 valence electrons. The van der Waals surface area contributed by atoms with E-state index in [-0.39, 0.29) is 24.8 Å². The van der Waals surface area contributed by atoms with E-state index in [0.29, 0.717) is 11.1 Å². The smallest absolute Gasteiger partial charge is 0.209 e. The number of aromatic nitrogens is 1. The molecule has 0 amide bonds. The lowest BCUT2D eigenvalue weighted by molar-refractivity contribution is 0.184. The number of piperazine rings is 1. The van der Waals surface area contributed by atoms with E-state index in [0.717, 1.165) is 43.4 Å². The fourth-order valence-corrected chi connectivity index (χ4v) is 2.70. The minimum absolute atomic E-state index is 0. The van der Waals surface area contributed by atoms with Crippen molar-refractivity contribution in [3.63, 3.8) is 0 Å². The summed E-state index contributed by atoms with van der Waals surface area (Å²) in [5.74, 6) is 1.53. The molecule has 1 unspecified atom stereocenters. The van der Waals surface area contributed by atoms with Gasteiger partial charge in [0.25, 0.3) is 0 Å². The summed E-state index contributed by atoms with van der Waals surface area (Å²) in [6.45, 7) is 6.02. The largest absolute Gasteiger partial charge is 0.439 e. The van der Waals surface area contributed by atoms with E-state index in [1.165, 1.54) is 0 Å². The first-order valence-corrected chi connectivity index (χ1v) is 7.25. The zero-order valence-corrected chi connectivity index (χ0v) is 14.7. The van der Waals surface area contributed by atoms with Crippen molar-refractivity contribution < 1.29 is 4.42 Å². The summed E-state index contributed by atoms with van der Waals surface area (Å²) in [7, 11) is 0. The Kier molecular flexibility index (Phi) is 7.66. The van der Waals surface area contributed by atoms with Gasteiger partial charge in [0, 0.05) is 36.3 Å². The van der Waals surface area contributed by atoms with Crippen molar-refractivity contribution in [3.05, 3.63) is 41.4 Å². The standard InChI is InChI=1S/C15H18ClN3O.2ClH/c1-11-9-19(6-5-17-11)10-15-18-8-14(20-15)12-3-2-4-13(16)7-12;;/h2-4,7-8,11,17H,5-6,9-10H2,1H3;2*1H. The Morgan fingerprint density at radius 3 is 2.95 bits per heavy atom. The fraction of sp³-hybridized carbons (Fsp3) is 0.400. The Labute approximate surface area is 148 Å². The van der Waals surface area contributed by atoms with E-state index < -0.39 is 0 Å². The summed E-state index contributed by atoms with van der Waals surface area (Å²) in [4.78, 5) is 6.73. The van der Waals surface area contributed by atoms with Crippen molar-refractivity contribution >= 4 is 36.4 Å². The van der Waals surface area contributed by atoms with E-state index in [2.05, 4.69) is 22.1 Å². The molecular formula is C15H20Cl3N3O. The van der Waals surface area contributed by atoms with E-state index in [4.69, 9.17) is 16.0 Å². The molecule has 1 saturated heterocycles. The van der Waals surface area contributed by atoms with Crippen LogP contribution in [0.4, 0.5) is 0 Å². The number of rotatable bonds is 3. The van der Waals surface area contributed by atoms with Crippen LogP contribution >= 0.6 is 36.4 Å². The molecule has 7 heteroatoms. The Bertz CT molecular complexity index is 591. The molecular weight excluding hydrogens is 345 g/mol. The predicted octanol–water partition coefficient (Wildman–Crippen LogP) is 3.63. The average molecular weight is 365 g/mol. The topological polar surface area (TPSA) is 41.3 Å². The molecule has 2 heterocycles. The number of nitrogens with one attached hydrogen (secondary N) is 1. The molecule has 1 fully saturated rings. The number of benzene rings is 1. The molecule has 1 aromatic heterocycles. The van der Waals surface area contributed by atoms with E-state index >= 15 is 0 Å². The Morgan fingerprint density at radius 1 is 1.41 bits per heavy atom. The molecule has 3 rings (SSSR count). The average Bonchev–Trinajstić information content (AvgIpc) is 2.87. The normalized spacial score (nSPS) is 18.4. The van der Waals surface area contributed by atoms with Crippen LogP contribution < -0.4 is 5.32 Å². The summed E-state index contributed by atoms with van der Waals surface area (Å²) in [5.41, 5.74) is 0.963. The molecule has 4 nitrogen and oxygen atoms in total. The summed E-state index contributed by atoms with van der Waals surface area (Å²) >= 11 is 6.00. The van der Waals surface area contributed by atoms with Crippen LogP contribution in [0.3, 0.4) is 0 Å². The van der Waals surface area contributed by atoms with Crippen LogP contribution in [0.2, 0.25) is 5.02 Å². The molecule has 1 aromatic carbocycles. The van der Waals surface area contributed by atoms with Crippen molar-refractivity contribution in [3.8, 4) is 11.3 Å². The summed E-state index contributed by atoms with van der Waals surface area (Å²) in [6, 6.07) is 8.15. The van der Waals surface area contributed by atoms with Gasteiger partial charge in [0.2, 0.25) is 5.89 Å². The van der Waals surface area contributed by atoms with Gasteiger partial charge in [-0.05, 0) is 19.1 Å². The van der Waals surface area contributed by atoms with Gasteiger partial charge in [0.1, 0.15) is 0 Å². The molecule has 2 aromatic rings. The van der Waals surface area contributed by atoms with Gasteiger partial charge in [0.05, 0.1) is 12.7 Å². The minimum atomic E-state index is 0. The maximum atomic E-state index is 6.00. The highest BCUT2D eigenvalue weighted by Gasteiger charge is 2.17. The predicted molar refractivity (Wildman–Crippen MR) is 94.2 cm³/mol. The molecule has 0 radical (unpaired) electrons. The van der Waals surface area contributed by atoms with E-state index in [9.17, 15) is 0 Å². The highest BCUT2D eigenvalue weighted by molar-refractivity contribution is 6.30. The van der Waals surface area contributed by atoms with E-state index in [1.807, 2.05) is 24.3 Å². The number of hydrogen-bond acceptors (Lipinski definition) is 4. The minimum Gasteiger partial charge on any atom is -0.439 e. The van der Waals surface area contributed by atoms with Gasteiger partial charge >= 0.3 is 0 Å². The van der Waals surface area contributed by atoms with Crippen molar-refractivity contribution in [1.82, 2.24) is 15.2 Å². The summed E-state index contributed by atoms with van der Waals surface area (Å²) in [5, 5.41) is 4.13. The molecule has 0 aliphatic carbocycles. The van der Waals surface area contributed by atoms with E-state index in [1.54, 1.807) is 6.20 Å². The maximum Gasteiger partial charge on any atom is 0.209 e. The number of oxazole rings is 1. The number of nitrogens with zero attached hydrogens (tertiary/aromatic N) is 2. The van der Waals surface area contributed by atoms with Crippen LogP contribution in [0.1, 0.15) is 12.8 Å². The van der Waals surface area contributed by atoms with Gasteiger partial charge < -0.3 is 9.73 Å². The molecule has 1 atom stereocenters. The first-order valence-electron chi connectivity index (χ1n) is 6.87. The SMILES string of the molecule is CC1CN(Cc2ncc(-c3cccc(Cl)c3)o2)CCN1.Cl.Cl. The number of halogens is 3. The Balaban J connectivity index is 0.00000121. The molecule has 1 N–H and O–H groups in total. The Hall–Kier alpha value is -0.780. The van der Waals surface area contributed by atoms with Gasteiger partial charge in [-0.1, -0.05) is 23.7 Å². The zero-order valence-electron chi connectivity index (χ0n) is 12.3. The summed E-state index contributed by atoms with van der Waals surface area (Å²) in [6.07, 6.45) is 1.77. The van der Waals surface area contributed by atoms with Crippen molar-refractivity contribution in [2.24, 2.45) is 0 Å². The molecule has 0 bridgehead atoms. The molecule has 1 aliphatic rings. The second-order valence-corrected chi connectivity index (χ2v) is 5.66. The first kappa shape index (κ1) is 19.3. The molecule has 0 spiro atoms. The van der Waals surface area contributed by atoms with Crippen LogP contribution in [0.15, 0.2) is 34.9 Å². The third-order valence-corrected chi connectivity index (χ3v) is 3.71. The lowest BCUT2D eigenvalue weighted by atomic mass is 10.2. The van der Waals surface area contributed by atoms with Gasteiger partial charge in [-0.25, -0.2) is 4.98 Å². The molecule has 1 aliphatic heterocycles. The second-order valence-electron chi connectivity index (χ2n) is 5.22. The fourth-order valence-electron chi connectivity index (χ4n) is 2.51. The Morgan fingerprint density at radius 2 is 2.23 bits per heavy atom. The lowest BCUT2D eigenvalue weighted by Crippen LogP contribution is -2.48. The second kappa shape index (κ2) is 8.75. The quantitative estimate of drug-likeness (QED) is 0.903. The maximum absolute atomic E-state index is 6.00. The third-order valence-electron chi connectivity index (χ3n) is 3.47. The van der Waals surface area contributed by atoms with Crippen LogP contribution in [-0.2, 0) is 6.54 Å². The van der Waals surface area contributed by atoms with Crippen LogP contribution in [0.25, 0.3) is 11.3 Å². The van der Waals surface area contributed by atoms with Gasteiger partial charge in [-0.15, -0.1) is 24.8 Å². The van der Waals surface area contributed by atoms with Crippen molar-refractivity contribution in [2.45, 2.75) is 19.5 Å². The monoisotopic (exact) mass is 363 g/mol. The molecule has 0 saturated carbocycles. The highest BCUT2D eigenvalue weighted by Crippen LogP contribution is 2.23. The highest BCUT2D eigenvalue weighted by atomic mass is 35.5. The number of hydrogen-bond donors (Lipinski definition) is 1. The first-order chi connectivity index (χ1) is 9.70. The van der Waals surface area contributed by atoms with Crippen LogP contribution in [0.5, 0.6) is 0 Å². The summed E-state index contributed by atoms with van der Waals surface area (Å²) < 4.78 is 5.83.